The molecule has 0 bridgehead atoms. The lowest BCUT2D eigenvalue weighted by Crippen LogP contribution is -2.17. The number of H-pyrrole nitrogens is 1. The molecule has 0 radical (unpaired) electrons. The van der Waals surface area contributed by atoms with E-state index in [1.165, 1.54) is 11.1 Å². The van der Waals surface area contributed by atoms with Gasteiger partial charge in [0.05, 0.1) is 12.8 Å². The number of rotatable bonds is 4. The van der Waals surface area contributed by atoms with Gasteiger partial charge in [-0.3, -0.25) is 0 Å². The molecule has 1 aliphatic heterocycles. The number of benzene rings is 1. The van der Waals surface area contributed by atoms with Gasteiger partial charge in [-0.05, 0) is 41.5 Å². The molecule has 2 N–H and O–H groups in total. The minimum atomic E-state index is 0.703. The second-order valence-electron chi connectivity index (χ2n) is 6.46. The Morgan fingerprint density at radius 2 is 1.93 bits per heavy atom. The van der Waals surface area contributed by atoms with Gasteiger partial charge in [-0.15, -0.1) is 0 Å². The zero-order chi connectivity index (χ0) is 18.2. The molecule has 0 amide bonds. The molecule has 0 saturated heterocycles. The Labute approximate surface area is 156 Å². The largest absolute Gasteiger partial charge is 0.497 e. The number of nitrogens with zero attached hydrogens (tertiary/aromatic N) is 4. The molecule has 0 atom stereocenters. The Bertz CT molecular complexity index is 1120. The van der Waals surface area contributed by atoms with Crippen LogP contribution in [-0.4, -0.2) is 27.0 Å². The standard InChI is InChI=1S/C20H18N6O/c1-27-15-3-2-13-11-26(12-14(13)10-15)20-23-9-6-18(25-20)24-17-5-8-22-19-16(17)4-7-21-19/h2-10H,11-12H2,1H3,(H2,21,22,23,24,25). The van der Waals surface area contributed by atoms with Gasteiger partial charge in [0, 0.05) is 37.1 Å². The van der Waals surface area contributed by atoms with Gasteiger partial charge >= 0.3 is 0 Å². The fraction of sp³-hybridized carbons (Fsp3) is 0.150. The summed E-state index contributed by atoms with van der Waals surface area (Å²) in [7, 11) is 1.69. The van der Waals surface area contributed by atoms with Crippen molar-refractivity contribution in [1.82, 2.24) is 19.9 Å². The van der Waals surface area contributed by atoms with E-state index in [1.807, 2.05) is 30.5 Å². The molecule has 4 heterocycles. The van der Waals surface area contributed by atoms with E-state index in [0.29, 0.717) is 5.95 Å². The summed E-state index contributed by atoms with van der Waals surface area (Å²) in [5.74, 6) is 2.33. The van der Waals surface area contributed by atoms with E-state index in [1.54, 1.807) is 19.5 Å². The first kappa shape index (κ1) is 15.6. The van der Waals surface area contributed by atoms with E-state index in [0.717, 1.165) is 41.4 Å². The number of nitrogens with one attached hydrogen (secondary N) is 2. The molecule has 0 spiro atoms. The zero-order valence-electron chi connectivity index (χ0n) is 14.8. The van der Waals surface area contributed by atoms with E-state index < -0.39 is 0 Å². The van der Waals surface area contributed by atoms with E-state index in [9.17, 15) is 0 Å². The monoisotopic (exact) mass is 358 g/mol. The molecule has 134 valence electrons. The van der Waals surface area contributed by atoms with Crippen LogP contribution in [0.1, 0.15) is 11.1 Å². The van der Waals surface area contributed by atoms with E-state index >= 15 is 0 Å². The van der Waals surface area contributed by atoms with Gasteiger partial charge in [0.1, 0.15) is 17.2 Å². The summed E-state index contributed by atoms with van der Waals surface area (Å²) in [4.78, 5) is 18.8. The van der Waals surface area contributed by atoms with Crippen molar-refractivity contribution in [2.24, 2.45) is 0 Å². The number of aromatic nitrogens is 4. The first-order chi connectivity index (χ1) is 13.3. The van der Waals surface area contributed by atoms with Crippen LogP contribution in [0.15, 0.2) is 55.0 Å². The molecule has 27 heavy (non-hydrogen) atoms. The lowest BCUT2D eigenvalue weighted by molar-refractivity contribution is 0.414. The van der Waals surface area contributed by atoms with Gasteiger partial charge in [-0.1, -0.05) is 6.07 Å². The van der Waals surface area contributed by atoms with Crippen LogP contribution in [0.4, 0.5) is 17.5 Å². The third kappa shape index (κ3) is 2.83. The van der Waals surface area contributed by atoms with Crippen LogP contribution in [-0.2, 0) is 13.1 Å². The molecule has 1 aliphatic rings. The van der Waals surface area contributed by atoms with Crippen molar-refractivity contribution >= 4 is 28.5 Å². The highest BCUT2D eigenvalue weighted by Gasteiger charge is 2.22. The Morgan fingerprint density at radius 3 is 2.85 bits per heavy atom. The average molecular weight is 358 g/mol. The summed E-state index contributed by atoms with van der Waals surface area (Å²) in [6.07, 6.45) is 5.43. The molecule has 7 nitrogen and oxygen atoms in total. The summed E-state index contributed by atoms with van der Waals surface area (Å²) in [6, 6.07) is 12.0. The normalized spacial score (nSPS) is 13.0. The summed E-state index contributed by atoms with van der Waals surface area (Å²) >= 11 is 0. The molecule has 4 aromatic rings. The lowest BCUT2D eigenvalue weighted by atomic mass is 10.1. The van der Waals surface area contributed by atoms with Crippen molar-refractivity contribution in [3.63, 3.8) is 0 Å². The number of hydrogen-bond donors (Lipinski definition) is 2. The van der Waals surface area contributed by atoms with Crippen LogP contribution in [0.2, 0.25) is 0 Å². The smallest absolute Gasteiger partial charge is 0.227 e. The van der Waals surface area contributed by atoms with Gasteiger partial charge in [0.2, 0.25) is 5.95 Å². The van der Waals surface area contributed by atoms with Gasteiger partial charge in [-0.25, -0.2) is 9.97 Å². The summed E-state index contributed by atoms with van der Waals surface area (Å²) < 4.78 is 5.33. The summed E-state index contributed by atoms with van der Waals surface area (Å²) in [6.45, 7) is 1.56. The molecule has 7 heteroatoms. The van der Waals surface area contributed by atoms with Crippen LogP contribution in [0.3, 0.4) is 0 Å². The third-order valence-corrected chi connectivity index (χ3v) is 4.78. The fourth-order valence-corrected chi connectivity index (χ4v) is 3.42. The number of ether oxygens (including phenoxy) is 1. The lowest BCUT2D eigenvalue weighted by Gasteiger charge is -2.16. The molecule has 3 aromatic heterocycles. The minimum Gasteiger partial charge on any atom is -0.497 e. The number of pyridine rings is 1. The van der Waals surface area contributed by atoms with E-state index in [2.05, 4.69) is 37.3 Å². The Morgan fingerprint density at radius 1 is 1.04 bits per heavy atom. The highest BCUT2D eigenvalue weighted by Crippen LogP contribution is 2.30. The maximum atomic E-state index is 5.33. The molecule has 0 fully saturated rings. The molecule has 5 rings (SSSR count). The van der Waals surface area contributed by atoms with Gasteiger partial charge in [0.15, 0.2) is 0 Å². The number of fused-ring (bicyclic) bond motifs is 2. The highest BCUT2D eigenvalue weighted by molar-refractivity contribution is 5.90. The molecular formula is C20H18N6O. The quantitative estimate of drug-likeness (QED) is 0.580. The van der Waals surface area contributed by atoms with Gasteiger partial charge < -0.3 is 19.9 Å². The van der Waals surface area contributed by atoms with Crippen LogP contribution in [0.25, 0.3) is 11.0 Å². The SMILES string of the molecule is COc1ccc2c(c1)CN(c1nccc(Nc3ccnc4[nH]ccc34)n1)C2. The van der Waals surface area contributed by atoms with Crippen LogP contribution >= 0.6 is 0 Å². The molecular weight excluding hydrogens is 340 g/mol. The maximum absolute atomic E-state index is 5.33. The Hall–Kier alpha value is -3.61. The second kappa shape index (κ2) is 6.28. The van der Waals surface area contributed by atoms with Crippen molar-refractivity contribution < 1.29 is 4.74 Å². The van der Waals surface area contributed by atoms with Crippen molar-refractivity contribution in [2.45, 2.75) is 13.1 Å². The average Bonchev–Trinajstić information content (AvgIpc) is 3.35. The number of hydrogen-bond acceptors (Lipinski definition) is 6. The van der Waals surface area contributed by atoms with Crippen LogP contribution in [0.5, 0.6) is 5.75 Å². The van der Waals surface area contributed by atoms with E-state index in [4.69, 9.17) is 9.72 Å². The second-order valence-corrected chi connectivity index (χ2v) is 6.46. The molecule has 0 saturated carbocycles. The Kier molecular flexibility index (Phi) is 3.64. The van der Waals surface area contributed by atoms with Crippen LogP contribution in [0, 0.1) is 0 Å². The minimum absolute atomic E-state index is 0.703. The number of methoxy groups -OCH3 is 1. The predicted octanol–water partition coefficient (Wildman–Crippen LogP) is 3.63. The molecule has 1 aromatic carbocycles. The molecule has 0 aliphatic carbocycles. The maximum Gasteiger partial charge on any atom is 0.227 e. The fourth-order valence-electron chi connectivity index (χ4n) is 3.42. The van der Waals surface area contributed by atoms with E-state index in [-0.39, 0.29) is 0 Å². The Balaban J connectivity index is 1.41. The number of anilines is 3. The first-order valence-corrected chi connectivity index (χ1v) is 8.73. The first-order valence-electron chi connectivity index (χ1n) is 8.73. The number of aromatic amines is 1. The summed E-state index contributed by atoms with van der Waals surface area (Å²) in [5, 5.41) is 4.40. The highest BCUT2D eigenvalue weighted by atomic mass is 16.5. The topological polar surface area (TPSA) is 79.0 Å². The van der Waals surface area contributed by atoms with Crippen molar-refractivity contribution in [3.05, 3.63) is 66.1 Å². The predicted molar refractivity (Wildman–Crippen MR) is 104 cm³/mol. The third-order valence-electron chi connectivity index (χ3n) is 4.78. The summed E-state index contributed by atoms with van der Waals surface area (Å²) in [5.41, 5.74) is 4.33. The molecule has 0 unspecified atom stereocenters. The van der Waals surface area contributed by atoms with Crippen molar-refractivity contribution in [3.8, 4) is 5.75 Å². The zero-order valence-corrected chi connectivity index (χ0v) is 14.8. The van der Waals surface area contributed by atoms with Crippen molar-refractivity contribution in [2.75, 3.05) is 17.3 Å². The van der Waals surface area contributed by atoms with Crippen LogP contribution < -0.4 is 15.0 Å². The van der Waals surface area contributed by atoms with Gasteiger partial charge in [-0.2, -0.15) is 4.98 Å². The van der Waals surface area contributed by atoms with Crippen molar-refractivity contribution in [1.29, 1.82) is 0 Å². The van der Waals surface area contributed by atoms with Gasteiger partial charge in [0.25, 0.3) is 0 Å².